The van der Waals surface area contributed by atoms with Crippen molar-refractivity contribution in [2.45, 2.75) is 26.9 Å². The Morgan fingerprint density at radius 2 is 1.21 bits per heavy atom. The third kappa shape index (κ3) is 10.6. The fraction of sp³-hybridized carbons (Fsp3) is 0.818. The molecule has 3 rings (SSSR count). The van der Waals surface area contributed by atoms with E-state index in [9.17, 15) is 16.8 Å². The molecule has 3 saturated heterocycles. The molecule has 0 saturated carbocycles. The standard InChI is InChI=1S/C4H8O3S.C3H6O4S.C3H6O3S.CH4/c1-8(5)6-3-2-4-7-8;1-3-2-6-8(4,5)7-3;1-7(4)5-2-3-6-7;/h1-4H2;3H,2H2,1H3;1-3H2;1H4. The van der Waals surface area contributed by atoms with E-state index < -0.39 is 30.6 Å². The first kappa shape index (κ1) is 23.8. The van der Waals surface area contributed by atoms with Crippen LogP contribution >= 0.6 is 0 Å². The van der Waals surface area contributed by atoms with Crippen LogP contribution in [-0.4, -0.2) is 67.7 Å². The van der Waals surface area contributed by atoms with Gasteiger partial charge in [-0.05, 0) is 13.3 Å². The second-order valence-electron chi connectivity index (χ2n) is 4.36. The van der Waals surface area contributed by atoms with Gasteiger partial charge in [0.15, 0.2) is 20.2 Å². The Morgan fingerprint density at radius 3 is 1.38 bits per heavy atom. The minimum absolute atomic E-state index is 0. The van der Waals surface area contributed by atoms with Gasteiger partial charge >= 0.3 is 10.4 Å². The summed E-state index contributed by atoms with van der Waals surface area (Å²) in [5.41, 5.74) is 0. The van der Waals surface area contributed by atoms with Gasteiger partial charge < -0.3 is 0 Å². The van der Waals surface area contributed by atoms with Crippen molar-refractivity contribution in [3.05, 3.63) is 0 Å². The molecule has 3 aliphatic rings. The maximum atomic E-state index is 10.7. The van der Waals surface area contributed by atoms with Crippen LogP contribution in [0.2, 0.25) is 0 Å². The first-order valence-corrected chi connectivity index (χ1v) is 10.9. The zero-order valence-corrected chi connectivity index (χ0v) is 15.0. The van der Waals surface area contributed by atoms with Gasteiger partial charge in [0, 0.05) is 11.7 Å². The zero-order chi connectivity index (χ0) is 17.6. The lowest BCUT2D eigenvalue weighted by atomic mass is 10.5. The number of hydrogen-bond acceptors (Lipinski definition) is 10. The maximum absolute atomic E-state index is 10.7. The van der Waals surface area contributed by atoms with E-state index in [4.69, 9.17) is 0 Å². The van der Waals surface area contributed by atoms with Gasteiger partial charge in [-0.15, -0.1) is 0 Å². The Balaban J connectivity index is 0.000000325. The van der Waals surface area contributed by atoms with Gasteiger partial charge in [0.2, 0.25) is 0 Å². The molecule has 13 heteroatoms. The smallest absolute Gasteiger partial charge is 0.278 e. The molecule has 0 N–H and O–H groups in total. The molecule has 3 heterocycles. The first-order chi connectivity index (χ1) is 10.5. The number of rotatable bonds is 0. The highest BCUT2D eigenvalue weighted by atomic mass is 32.3. The lowest BCUT2D eigenvalue weighted by molar-refractivity contribution is 0.182. The van der Waals surface area contributed by atoms with Crippen molar-refractivity contribution in [2.24, 2.45) is 0 Å². The summed E-state index contributed by atoms with van der Waals surface area (Å²) >= 11 is 0. The van der Waals surface area contributed by atoms with E-state index in [1.54, 1.807) is 6.92 Å². The topological polar surface area (TPSA) is 124 Å². The summed E-state index contributed by atoms with van der Waals surface area (Å²) in [6.07, 6.45) is 0.493. The van der Waals surface area contributed by atoms with Gasteiger partial charge in [-0.1, -0.05) is 7.43 Å². The first-order valence-electron chi connectivity index (χ1n) is 6.41. The summed E-state index contributed by atoms with van der Waals surface area (Å²) < 4.78 is 68.4. The van der Waals surface area contributed by atoms with Gasteiger partial charge in [0.05, 0.1) is 33.0 Å². The highest BCUT2D eigenvalue weighted by Crippen LogP contribution is 2.10. The summed E-state index contributed by atoms with van der Waals surface area (Å²) in [4.78, 5) is 0. The predicted molar refractivity (Wildman–Crippen MR) is 91.1 cm³/mol. The summed E-state index contributed by atoms with van der Waals surface area (Å²) in [6, 6.07) is 0. The summed E-state index contributed by atoms with van der Waals surface area (Å²) in [6.45, 7) is 3.59. The van der Waals surface area contributed by atoms with Crippen LogP contribution in [0.1, 0.15) is 20.8 Å². The van der Waals surface area contributed by atoms with E-state index in [0.29, 0.717) is 26.4 Å². The van der Waals surface area contributed by atoms with Crippen LogP contribution in [0, 0.1) is 0 Å². The normalized spacial score (nSPS) is 29.1. The Bertz CT molecular complexity index is 618. The molecule has 146 valence electrons. The lowest BCUT2D eigenvalue weighted by Crippen LogP contribution is -2.18. The highest BCUT2D eigenvalue weighted by Gasteiger charge is 2.25. The molecule has 1 unspecified atom stereocenters. The molecule has 24 heavy (non-hydrogen) atoms. The van der Waals surface area contributed by atoms with Crippen molar-refractivity contribution < 1.29 is 41.9 Å². The summed E-state index contributed by atoms with van der Waals surface area (Å²) in [7, 11) is -8.72. The molecule has 1 atom stereocenters. The molecule has 0 amide bonds. The molecule has 0 radical (unpaired) electrons. The average molecular weight is 413 g/mol. The SMILES string of the molecule is C.C=S1(=O)OCCCO1.C=S1(=O)OCCO1.CC1COS(=O)(=O)O1. The van der Waals surface area contributed by atoms with Gasteiger partial charge in [0.25, 0.3) is 0 Å². The summed E-state index contributed by atoms with van der Waals surface area (Å²) in [5.74, 6) is 6.37. The van der Waals surface area contributed by atoms with Gasteiger partial charge in [0.1, 0.15) is 6.10 Å². The van der Waals surface area contributed by atoms with E-state index in [1.165, 1.54) is 0 Å². The fourth-order valence-electron chi connectivity index (χ4n) is 1.26. The molecule has 0 aliphatic carbocycles. The van der Waals surface area contributed by atoms with Crippen LogP contribution in [0.25, 0.3) is 0 Å². The van der Waals surface area contributed by atoms with Crippen molar-refractivity contribution in [2.75, 3.05) is 33.0 Å². The maximum Gasteiger partial charge on any atom is 0.400 e. The van der Waals surface area contributed by atoms with Crippen LogP contribution in [0.4, 0.5) is 0 Å². The third-order valence-corrected chi connectivity index (χ3v) is 5.24. The summed E-state index contributed by atoms with van der Waals surface area (Å²) in [5, 5.41) is 0. The Hall–Kier alpha value is -0.250. The van der Waals surface area contributed by atoms with Crippen molar-refractivity contribution in [1.29, 1.82) is 0 Å². The number of hydrogen-bond donors (Lipinski definition) is 0. The van der Waals surface area contributed by atoms with Crippen molar-refractivity contribution in [3.8, 4) is 0 Å². The van der Waals surface area contributed by atoms with Crippen LogP contribution in [-0.2, 0) is 55.7 Å². The van der Waals surface area contributed by atoms with Crippen molar-refractivity contribution >= 4 is 42.3 Å². The van der Waals surface area contributed by atoms with Crippen molar-refractivity contribution in [3.63, 3.8) is 0 Å². The molecular formula is C11H24O10S3. The molecule has 0 aromatic carbocycles. The van der Waals surface area contributed by atoms with Gasteiger partial charge in [-0.2, -0.15) is 8.42 Å². The molecule has 3 fully saturated rings. The Kier molecular flexibility index (Phi) is 9.93. The lowest BCUT2D eigenvalue weighted by Gasteiger charge is -2.14. The largest absolute Gasteiger partial charge is 0.400 e. The monoisotopic (exact) mass is 412 g/mol. The highest BCUT2D eigenvalue weighted by molar-refractivity contribution is 7.91. The second kappa shape index (κ2) is 10.0. The van der Waals surface area contributed by atoms with Crippen LogP contribution in [0.3, 0.4) is 0 Å². The predicted octanol–water partition coefficient (Wildman–Crippen LogP) is -0.148. The van der Waals surface area contributed by atoms with Crippen LogP contribution in [0.5, 0.6) is 0 Å². The van der Waals surface area contributed by atoms with E-state index in [1.807, 2.05) is 0 Å². The molecule has 10 nitrogen and oxygen atoms in total. The van der Waals surface area contributed by atoms with Crippen LogP contribution < -0.4 is 0 Å². The average Bonchev–Trinajstić information content (AvgIpc) is 2.95. The molecule has 3 aliphatic heterocycles. The fourth-order valence-corrected chi connectivity index (χ4v) is 3.65. The van der Waals surface area contributed by atoms with Gasteiger partial charge in [-0.3, -0.25) is 16.7 Å². The Labute approximate surface area is 144 Å². The minimum Gasteiger partial charge on any atom is -0.278 e. The Morgan fingerprint density at radius 1 is 0.792 bits per heavy atom. The minimum atomic E-state index is -3.60. The van der Waals surface area contributed by atoms with Gasteiger partial charge in [-0.25, -0.2) is 16.8 Å². The van der Waals surface area contributed by atoms with E-state index in [0.717, 1.165) is 6.42 Å². The third-order valence-electron chi connectivity index (χ3n) is 2.15. The molecular weight excluding hydrogens is 388 g/mol. The molecule has 0 spiro atoms. The quantitative estimate of drug-likeness (QED) is 0.496. The molecule has 0 aromatic heterocycles. The van der Waals surface area contributed by atoms with Crippen molar-refractivity contribution in [1.82, 2.24) is 0 Å². The second-order valence-corrected chi connectivity index (χ2v) is 8.77. The van der Waals surface area contributed by atoms with E-state index >= 15 is 0 Å². The van der Waals surface area contributed by atoms with E-state index in [2.05, 4.69) is 36.8 Å². The molecule has 0 bridgehead atoms. The van der Waals surface area contributed by atoms with Crippen LogP contribution in [0.15, 0.2) is 0 Å². The molecule has 0 aromatic rings. The zero-order valence-electron chi connectivity index (χ0n) is 12.5. The van der Waals surface area contributed by atoms with E-state index in [-0.39, 0.29) is 20.1 Å².